The number of para-hydroxylation sites is 1. The number of anilines is 3. The van der Waals surface area contributed by atoms with Gasteiger partial charge in [0.1, 0.15) is 11.1 Å². The Morgan fingerprint density at radius 3 is 2.29 bits per heavy atom. The second kappa shape index (κ2) is 14.1. The van der Waals surface area contributed by atoms with Crippen LogP contribution >= 0.6 is 23.1 Å². The van der Waals surface area contributed by atoms with Crippen molar-refractivity contribution in [3.63, 3.8) is 0 Å². The zero-order valence-electron chi connectivity index (χ0n) is 22.5. The molecule has 1 atom stereocenters. The molecule has 0 saturated heterocycles. The third-order valence-electron chi connectivity index (χ3n) is 6.00. The van der Waals surface area contributed by atoms with Crippen molar-refractivity contribution in [1.29, 1.82) is 5.26 Å². The lowest BCUT2D eigenvalue weighted by Gasteiger charge is -2.15. The topological polar surface area (TPSA) is 111 Å². The molecule has 0 radical (unpaired) electrons. The van der Waals surface area contributed by atoms with Crippen molar-refractivity contribution in [2.45, 2.75) is 30.4 Å². The van der Waals surface area contributed by atoms with E-state index < -0.39 is 5.25 Å². The standard InChI is InChI=1S/C32H28N4O3S2/c1-3-27(40-25-16-10-15-24(19-25)34-28(37)18-17-22-11-6-4-7-12-22)30(38)36-32-26(20-33)21(2)29(41-32)31(39)35-23-13-8-5-9-14-23/h4-19,27H,3H2,1-2H3,(H,34,37)(H,35,39)(H,36,38)/b18-17+. The molecule has 3 aromatic carbocycles. The Labute approximate surface area is 247 Å². The van der Waals surface area contributed by atoms with Crippen LogP contribution in [0.15, 0.2) is 95.9 Å². The van der Waals surface area contributed by atoms with Gasteiger partial charge in [-0.15, -0.1) is 23.1 Å². The molecule has 1 heterocycles. The lowest BCUT2D eigenvalue weighted by atomic mass is 10.1. The number of carbonyl (C=O) groups is 3. The number of rotatable bonds is 10. The Balaban J connectivity index is 1.42. The number of nitriles is 1. The van der Waals surface area contributed by atoms with E-state index >= 15 is 0 Å². The van der Waals surface area contributed by atoms with Gasteiger partial charge in [-0.05, 0) is 60.9 Å². The Kier molecular flexibility index (Phi) is 10.1. The molecular weight excluding hydrogens is 553 g/mol. The van der Waals surface area contributed by atoms with Gasteiger partial charge in [-0.1, -0.05) is 61.5 Å². The molecule has 4 rings (SSSR count). The summed E-state index contributed by atoms with van der Waals surface area (Å²) >= 11 is 2.44. The minimum Gasteiger partial charge on any atom is -0.322 e. The predicted molar refractivity (Wildman–Crippen MR) is 167 cm³/mol. The van der Waals surface area contributed by atoms with Crippen LogP contribution in [0.5, 0.6) is 0 Å². The summed E-state index contributed by atoms with van der Waals surface area (Å²) in [5.41, 5.74) is 2.97. The number of nitrogens with one attached hydrogen (secondary N) is 3. The van der Waals surface area contributed by atoms with Crippen LogP contribution in [-0.4, -0.2) is 23.0 Å². The maximum absolute atomic E-state index is 13.3. The average molecular weight is 581 g/mol. The molecule has 9 heteroatoms. The summed E-state index contributed by atoms with van der Waals surface area (Å²) in [7, 11) is 0. The highest BCUT2D eigenvalue weighted by atomic mass is 32.2. The van der Waals surface area contributed by atoms with Gasteiger partial charge in [0.05, 0.1) is 15.7 Å². The second-order valence-corrected chi connectivity index (χ2v) is 11.3. The fourth-order valence-electron chi connectivity index (χ4n) is 3.91. The Bertz CT molecular complexity index is 1610. The van der Waals surface area contributed by atoms with Crippen LogP contribution in [0.3, 0.4) is 0 Å². The number of thioether (sulfide) groups is 1. The van der Waals surface area contributed by atoms with Crippen molar-refractivity contribution in [3.05, 3.63) is 113 Å². The Morgan fingerprint density at radius 1 is 0.927 bits per heavy atom. The largest absolute Gasteiger partial charge is 0.322 e. The zero-order chi connectivity index (χ0) is 29.2. The maximum atomic E-state index is 13.3. The molecule has 0 aliphatic heterocycles. The molecule has 0 saturated carbocycles. The summed E-state index contributed by atoms with van der Waals surface area (Å²) in [6, 6.07) is 28.0. The number of thiophene rings is 1. The fourth-order valence-corrected chi connectivity index (χ4v) is 5.98. The van der Waals surface area contributed by atoms with Crippen LogP contribution in [0, 0.1) is 18.3 Å². The van der Waals surface area contributed by atoms with Crippen molar-refractivity contribution < 1.29 is 14.4 Å². The van der Waals surface area contributed by atoms with Gasteiger partial charge in [0.2, 0.25) is 11.8 Å². The summed E-state index contributed by atoms with van der Waals surface area (Å²) in [6.07, 6.45) is 3.74. The monoisotopic (exact) mass is 580 g/mol. The maximum Gasteiger partial charge on any atom is 0.266 e. The Hall–Kier alpha value is -4.65. The quantitative estimate of drug-likeness (QED) is 0.134. The van der Waals surface area contributed by atoms with Gasteiger partial charge in [0.15, 0.2) is 0 Å². The van der Waals surface area contributed by atoms with E-state index in [1.54, 1.807) is 31.2 Å². The van der Waals surface area contributed by atoms with Crippen molar-refractivity contribution in [2.24, 2.45) is 0 Å². The van der Waals surface area contributed by atoms with E-state index in [4.69, 9.17) is 0 Å². The smallest absolute Gasteiger partial charge is 0.266 e. The van der Waals surface area contributed by atoms with Crippen molar-refractivity contribution in [3.8, 4) is 6.07 Å². The molecule has 4 aromatic rings. The number of nitrogens with zero attached hydrogens (tertiary/aromatic N) is 1. The fraction of sp³-hybridized carbons (Fsp3) is 0.125. The van der Waals surface area contributed by atoms with Crippen molar-refractivity contribution in [2.75, 3.05) is 16.0 Å². The Morgan fingerprint density at radius 2 is 1.61 bits per heavy atom. The van der Waals surface area contributed by atoms with Crippen LogP contribution in [0.4, 0.5) is 16.4 Å². The molecule has 3 amide bonds. The summed E-state index contributed by atoms with van der Waals surface area (Å²) in [6.45, 7) is 3.60. The van der Waals surface area contributed by atoms with Gasteiger partial charge in [-0.2, -0.15) is 5.26 Å². The van der Waals surface area contributed by atoms with E-state index in [9.17, 15) is 19.6 Å². The van der Waals surface area contributed by atoms with Crippen LogP contribution in [0.2, 0.25) is 0 Å². The first-order valence-electron chi connectivity index (χ1n) is 12.9. The van der Waals surface area contributed by atoms with Gasteiger partial charge >= 0.3 is 0 Å². The van der Waals surface area contributed by atoms with Crippen LogP contribution < -0.4 is 16.0 Å². The first-order chi connectivity index (χ1) is 19.9. The molecule has 0 fully saturated rings. The first-order valence-corrected chi connectivity index (χ1v) is 14.6. The second-order valence-electron chi connectivity index (χ2n) is 8.96. The van der Waals surface area contributed by atoms with E-state index in [0.29, 0.717) is 33.2 Å². The molecule has 0 spiro atoms. The number of hydrogen-bond acceptors (Lipinski definition) is 6. The molecule has 7 nitrogen and oxygen atoms in total. The van der Waals surface area contributed by atoms with E-state index in [0.717, 1.165) is 21.8 Å². The van der Waals surface area contributed by atoms with E-state index in [-0.39, 0.29) is 23.3 Å². The molecule has 0 bridgehead atoms. The lowest BCUT2D eigenvalue weighted by molar-refractivity contribution is -0.115. The third-order valence-corrected chi connectivity index (χ3v) is 8.57. The number of hydrogen-bond donors (Lipinski definition) is 3. The van der Waals surface area contributed by atoms with Crippen LogP contribution in [-0.2, 0) is 9.59 Å². The van der Waals surface area contributed by atoms with E-state index in [2.05, 4.69) is 22.0 Å². The molecular formula is C32H28N4O3S2. The highest BCUT2D eigenvalue weighted by Crippen LogP contribution is 2.35. The molecule has 1 aromatic heterocycles. The highest BCUT2D eigenvalue weighted by Gasteiger charge is 2.25. The minimum atomic E-state index is -0.463. The number of carbonyl (C=O) groups excluding carboxylic acids is 3. The van der Waals surface area contributed by atoms with Crippen molar-refractivity contribution >= 4 is 63.3 Å². The lowest BCUT2D eigenvalue weighted by Crippen LogP contribution is -2.24. The summed E-state index contributed by atoms with van der Waals surface area (Å²) in [5.74, 6) is -0.870. The van der Waals surface area contributed by atoms with Gasteiger partial charge < -0.3 is 16.0 Å². The van der Waals surface area contributed by atoms with Gasteiger partial charge in [-0.3, -0.25) is 14.4 Å². The molecule has 3 N–H and O–H groups in total. The normalized spacial score (nSPS) is 11.4. The number of benzene rings is 3. The number of amides is 3. The third kappa shape index (κ3) is 7.94. The predicted octanol–water partition coefficient (Wildman–Crippen LogP) is 7.34. The zero-order valence-corrected chi connectivity index (χ0v) is 24.1. The molecule has 0 aliphatic rings. The van der Waals surface area contributed by atoms with Gasteiger partial charge in [-0.25, -0.2) is 0 Å². The molecule has 206 valence electrons. The molecule has 0 aliphatic carbocycles. The van der Waals surface area contributed by atoms with E-state index in [1.807, 2.05) is 73.7 Å². The molecule has 1 unspecified atom stereocenters. The SMILES string of the molecule is CCC(Sc1cccc(NC(=O)/C=C/c2ccccc2)c1)C(=O)Nc1sc(C(=O)Nc2ccccc2)c(C)c1C#N. The average Bonchev–Trinajstić information content (AvgIpc) is 3.30. The minimum absolute atomic E-state index is 0.259. The summed E-state index contributed by atoms with van der Waals surface area (Å²) in [4.78, 5) is 39.7. The molecule has 41 heavy (non-hydrogen) atoms. The van der Waals surface area contributed by atoms with Gasteiger partial charge in [0.25, 0.3) is 5.91 Å². The van der Waals surface area contributed by atoms with E-state index in [1.165, 1.54) is 17.8 Å². The van der Waals surface area contributed by atoms with Crippen LogP contribution in [0.1, 0.15) is 39.7 Å². The van der Waals surface area contributed by atoms with Crippen LogP contribution in [0.25, 0.3) is 6.08 Å². The highest BCUT2D eigenvalue weighted by molar-refractivity contribution is 8.00. The summed E-state index contributed by atoms with van der Waals surface area (Å²) in [5, 5.41) is 18.2. The first kappa shape index (κ1) is 29.3. The van der Waals surface area contributed by atoms with Gasteiger partial charge in [0, 0.05) is 22.3 Å². The summed E-state index contributed by atoms with van der Waals surface area (Å²) < 4.78 is 0. The van der Waals surface area contributed by atoms with Crippen molar-refractivity contribution in [1.82, 2.24) is 0 Å².